The number of aromatic nitrogens is 3. The number of thiocarbonyl (C=S) groups is 1. The van der Waals surface area contributed by atoms with E-state index in [1.165, 1.54) is 5.56 Å². The lowest BCUT2D eigenvalue weighted by molar-refractivity contribution is 0.0977. The third-order valence-electron chi connectivity index (χ3n) is 5.08. The van der Waals surface area contributed by atoms with Crippen molar-refractivity contribution in [3.63, 3.8) is 0 Å². The minimum atomic E-state index is -0.279. The normalized spacial score (nSPS) is 11.0. The number of fused-ring (bicyclic) bond motifs is 1. The molecule has 4 aromatic rings. The fourth-order valence-electron chi connectivity index (χ4n) is 3.27. The summed E-state index contributed by atoms with van der Waals surface area (Å²) in [5, 5.41) is 15.2. The van der Waals surface area contributed by atoms with Gasteiger partial charge in [-0.1, -0.05) is 48.0 Å². The molecule has 3 aromatic carbocycles. The van der Waals surface area contributed by atoms with Crippen molar-refractivity contribution in [1.29, 1.82) is 0 Å². The Labute approximate surface area is 200 Å². The molecule has 162 valence electrons. The SMILES string of the molecule is Cc1cc2nn(-c3ccc(C(C)C)cc3)nc2cc1NC(=S)NC(=O)c1cccc(Br)c1. The van der Waals surface area contributed by atoms with Crippen LogP contribution in [0.4, 0.5) is 5.69 Å². The summed E-state index contributed by atoms with van der Waals surface area (Å²) in [4.78, 5) is 14.1. The Hall–Kier alpha value is -3.10. The average Bonchev–Trinajstić information content (AvgIpc) is 3.16. The van der Waals surface area contributed by atoms with Crippen LogP contribution in [0.25, 0.3) is 16.7 Å². The van der Waals surface area contributed by atoms with Crippen LogP contribution in [0.1, 0.15) is 41.3 Å². The van der Waals surface area contributed by atoms with Gasteiger partial charge in [-0.2, -0.15) is 4.80 Å². The zero-order valence-corrected chi connectivity index (χ0v) is 20.3. The third kappa shape index (κ3) is 4.87. The number of benzene rings is 3. The van der Waals surface area contributed by atoms with Crippen molar-refractivity contribution in [2.24, 2.45) is 0 Å². The van der Waals surface area contributed by atoms with E-state index in [9.17, 15) is 4.79 Å². The summed E-state index contributed by atoms with van der Waals surface area (Å²) in [6.45, 7) is 6.29. The smallest absolute Gasteiger partial charge is 0.257 e. The standard InChI is InChI=1S/C24H22BrN5OS/c1-14(2)16-7-9-19(10-8-16)30-28-21-11-15(3)20(13-22(21)29-30)26-24(32)27-23(31)17-5-4-6-18(25)12-17/h4-14H,1-3H3,(H2,26,27,31,32). The number of anilines is 1. The number of hydrogen-bond donors (Lipinski definition) is 2. The van der Waals surface area contributed by atoms with Crippen LogP contribution in [0, 0.1) is 6.92 Å². The first-order chi connectivity index (χ1) is 15.3. The quantitative estimate of drug-likeness (QED) is 0.344. The molecule has 1 heterocycles. The molecule has 0 bridgehead atoms. The van der Waals surface area contributed by atoms with Crippen molar-refractivity contribution >= 4 is 55.9 Å². The van der Waals surface area contributed by atoms with Gasteiger partial charge in [0.05, 0.1) is 5.69 Å². The van der Waals surface area contributed by atoms with E-state index < -0.39 is 0 Å². The van der Waals surface area contributed by atoms with Gasteiger partial charge in [-0.15, -0.1) is 10.2 Å². The van der Waals surface area contributed by atoms with Crippen LogP contribution in [0.15, 0.2) is 65.1 Å². The molecule has 0 atom stereocenters. The topological polar surface area (TPSA) is 71.8 Å². The van der Waals surface area contributed by atoms with E-state index in [1.807, 2.05) is 37.3 Å². The predicted molar refractivity (Wildman–Crippen MR) is 136 cm³/mol. The maximum Gasteiger partial charge on any atom is 0.257 e. The molecule has 8 heteroatoms. The number of rotatable bonds is 4. The van der Waals surface area contributed by atoms with Crippen LogP contribution in [0.3, 0.4) is 0 Å². The minimum Gasteiger partial charge on any atom is -0.332 e. The van der Waals surface area contributed by atoms with Crippen molar-refractivity contribution < 1.29 is 4.79 Å². The molecule has 4 rings (SSSR count). The van der Waals surface area contributed by atoms with Crippen molar-refractivity contribution in [2.75, 3.05) is 5.32 Å². The van der Waals surface area contributed by atoms with E-state index in [4.69, 9.17) is 12.2 Å². The Bertz CT molecular complexity index is 1310. The van der Waals surface area contributed by atoms with E-state index in [-0.39, 0.29) is 11.0 Å². The summed E-state index contributed by atoms with van der Waals surface area (Å²) in [6.07, 6.45) is 0. The third-order valence-corrected chi connectivity index (χ3v) is 5.78. The van der Waals surface area contributed by atoms with Gasteiger partial charge in [0.15, 0.2) is 5.11 Å². The number of carbonyl (C=O) groups excluding carboxylic acids is 1. The van der Waals surface area contributed by atoms with E-state index in [1.54, 1.807) is 23.0 Å². The molecular formula is C24H22BrN5OS. The van der Waals surface area contributed by atoms with Gasteiger partial charge in [-0.25, -0.2) is 0 Å². The van der Waals surface area contributed by atoms with Gasteiger partial charge in [0.25, 0.3) is 5.91 Å². The highest BCUT2D eigenvalue weighted by atomic mass is 79.9. The lowest BCUT2D eigenvalue weighted by Crippen LogP contribution is -2.34. The number of carbonyl (C=O) groups is 1. The summed E-state index contributed by atoms with van der Waals surface area (Å²) in [5.74, 6) is 0.191. The molecule has 32 heavy (non-hydrogen) atoms. The molecule has 6 nitrogen and oxygen atoms in total. The molecule has 1 aromatic heterocycles. The van der Waals surface area contributed by atoms with Crippen LogP contribution in [0.2, 0.25) is 0 Å². The number of amides is 1. The zero-order chi connectivity index (χ0) is 22.8. The Morgan fingerprint density at radius 2 is 1.72 bits per heavy atom. The molecule has 0 aliphatic heterocycles. The lowest BCUT2D eigenvalue weighted by Gasteiger charge is -2.11. The second-order valence-electron chi connectivity index (χ2n) is 7.81. The molecule has 0 saturated carbocycles. The number of hydrogen-bond acceptors (Lipinski definition) is 4. The van der Waals surface area contributed by atoms with E-state index in [0.29, 0.717) is 11.5 Å². The van der Waals surface area contributed by atoms with Gasteiger partial charge < -0.3 is 5.32 Å². The number of nitrogens with one attached hydrogen (secondary N) is 2. The fourth-order valence-corrected chi connectivity index (χ4v) is 3.87. The zero-order valence-electron chi connectivity index (χ0n) is 17.9. The van der Waals surface area contributed by atoms with Gasteiger partial charge in [0.1, 0.15) is 11.0 Å². The summed E-state index contributed by atoms with van der Waals surface area (Å²) in [5.41, 5.74) is 5.90. The van der Waals surface area contributed by atoms with Gasteiger partial charge in [0.2, 0.25) is 0 Å². The van der Waals surface area contributed by atoms with Crippen LogP contribution in [0.5, 0.6) is 0 Å². The highest BCUT2D eigenvalue weighted by molar-refractivity contribution is 9.10. The Morgan fingerprint density at radius 1 is 1.03 bits per heavy atom. The van der Waals surface area contributed by atoms with Crippen molar-refractivity contribution in [3.05, 3.63) is 81.8 Å². The maximum absolute atomic E-state index is 12.4. The molecule has 0 aliphatic rings. The van der Waals surface area contributed by atoms with Crippen LogP contribution < -0.4 is 10.6 Å². The van der Waals surface area contributed by atoms with Crippen LogP contribution >= 0.6 is 28.1 Å². The van der Waals surface area contributed by atoms with Gasteiger partial charge in [-0.3, -0.25) is 10.1 Å². The monoisotopic (exact) mass is 507 g/mol. The molecule has 1 amide bonds. The first-order valence-electron chi connectivity index (χ1n) is 10.2. The Morgan fingerprint density at radius 3 is 2.38 bits per heavy atom. The van der Waals surface area contributed by atoms with Gasteiger partial charge >= 0.3 is 0 Å². The molecular weight excluding hydrogens is 486 g/mol. The second-order valence-corrected chi connectivity index (χ2v) is 9.13. The number of aryl methyl sites for hydroxylation is 1. The highest BCUT2D eigenvalue weighted by Gasteiger charge is 2.12. The molecule has 2 N–H and O–H groups in total. The van der Waals surface area contributed by atoms with Crippen molar-refractivity contribution in [2.45, 2.75) is 26.7 Å². The molecule has 0 saturated heterocycles. The van der Waals surface area contributed by atoms with Gasteiger partial charge in [-0.05, 0) is 78.7 Å². The van der Waals surface area contributed by atoms with Gasteiger partial charge in [0, 0.05) is 15.7 Å². The van der Waals surface area contributed by atoms with Crippen molar-refractivity contribution in [1.82, 2.24) is 20.3 Å². The van der Waals surface area contributed by atoms with Crippen LogP contribution in [-0.2, 0) is 0 Å². The average molecular weight is 508 g/mol. The fraction of sp³-hybridized carbons (Fsp3) is 0.167. The predicted octanol–water partition coefficient (Wildman–Crippen LogP) is 5.74. The number of nitrogens with zero attached hydrogens (tertiary/aromatic N) is 3. The molecule has 0 radical (unpaired) electrons. The Kier molecular flexibility index (Phi) is 6.34. The largest absolute Gasteiger partial charge is 0.332 e. The minimum absolute atomic E-state index is 0.217. The first kappa shape index (κ1) is 22.1. The second kappa shape index (κ2) is 9.18. The molecule has 0 aliphatic carbocycles. The first-order valence-corrected chi connectivity index (χ1v) is 11.4. The maximum atomic E-state index is 12.4. The van der Waals surface area contributed by atoms with Crippen LogP contribution in [-0.4, -0.2) is 26.0 Å². The van der Waals surface area contributed by atoms with E-state index in [2.05, 4.69) is 62.7 Å². The van der Waals surface area contributed by atoms with Crippen molar-refractivity contribution in [3.8, 4) is 5.69 Å². The molecule has 0 fully saturated rings. The highest BCUT2D eigenvalue weighted by Crippen LogP contribution is 2.23. The van der Waals surface area contributed by atoms with E-state index >= 15 is 0 Å². The van der Waals surface area contributed by atoms with E-state index in [0.717, 1.165) is 32.4 Å². The summed E-state index contributed by atoms with van der Waals surface area (Å²) >= 11 is 8.71. The number of halogens is 1. The summed E-state index contributed by atoms with van der Waals surface area (Å²) < 4.78 is 0.826. The lowest BCUT2D eigenvalue weighted by atomic mass is 10.0. The summed E-state index contributed by atoms with van der Waals surface area (Å²) in [6, 6.07) is 19.2. The molecule has 0 unspecified atom stereocenters. The Balaban J connectivity index is 1.52. The summed E-state index contributed by atoms with van der Waals surface area (Å²) in [7, 11) is 0. The molecule has 0 spiro atoms.